The smallest absolute Gasteiger partial charge is 0.256 e. The van der Waals surface area contributed by atoms with Gasteiger partial charge in [0.25, 0.3) is 5.91 Å². The Labute approximate surface area is 128 Å². The zero-order valence-corrected chi connectivity index (χ0v) is 12.9. The molecule has 0 radical (unpaired) electrons. The maximum atomic E-state index is 12.3. The van der Waals surface area contributed by atoms with Crippen LogP contribution in [0, 0.1) is 0 Å². The normalized spacial score (nSPS) is 15.3. The second kappa shape index (κ2) is 6.35. The van der Waals surface area contributed by atoms with Crippen LogP contribution in [-0.2, 0) is 0 Å². The number of aromatic nitrogens is 2. The average molecular weight is 301 g/mol. The highest BCUT2D eigenvalue weighted by molar-refractivity contribution is 7.98. The lowest BCUT2D eigenvalue weighted by Gasteiger charge is -2.14. The molecule has 1 aromatic carbocycles. The summed E-state index contributed by atoms with van der Waals surface area (Å²) in [4.78, 5) is 13.5. The van der Waals surface area contributed by atoms with Crippen LogP contribution in [0.25, 0.3) is 0 Å². The quantitative estimate of drug-likeness (QED) is 0.869. The molecule has 3 rings (SSSR count). The summed E-state index contributed by atoms with van der Waals surface area (Å²) in [6.45, 7) is 0. The Kier molecular flexibility index (Phi) is 4.29. The number of anilines is 1. The first kappa shape index (κ1) is 14.2. The van der Waals surface area contributed by atoms with Gasteiger partial charge in [0.05, 0.1) is 12.2 Å². The number of amides is 1. The molecule has 0 atom stereocenters. The molecule has 0 bridgehead atoms. The summed E-state index contributed by atoms with van der Waals surface area (Å²) in [7, 11) is 0. The van der Waals surface area contributed by atoms with Crippen molar-refractivity contribution in [1.82, 2.24) is 9.78 Å². The van der Waals surface area contributed by atoms with Crippen molar-refractivity contribution in [1.29, 1.82) is 0 Å². The lowest BCUT2D eigenvalue weighted by Crippen LogP contribution is -2.17. The van der Waals surface area contributed by atoms with Crippen LogP contribution in [0.15, 0.2) is 41.4 Å². The Balaban J connectivity index is 1.73. The number of thioether (sulfide) groups is 1. The van der Waals surface area contributed by atoms with E-state index in [4.69, 9.17) is 0 Å². The molecule has 1 heterocycles. The summed E-state index contributed by atoms with van der Waals surface area (Å²) in [5, 5.41) is 7.35. The van der Waals surface area contributed by atoms with Gasteiger partial charge in [-0.25, -0.2) is 4.68 Å². The summed E-state index contributed by atoms with van der Waals surface area (Å²) < 4.78 is 1.96. The number of carbonyl (C=O) groups is 1. The van der Waals surface area contributed by atoms with Crippen molar-refractivity contribution >= 4 is 23.5 Å². The molecule has 5 heteroatoms. The molecule has 1 amide bonds. The third kappa shape index (κ3) is 3.13. The SMILES string of the molecule is CSc1ccc(C(=O)Nc2ccnn2C2CCCC2)cc1. The second-order valence-corrected chi connectivity index (χ2v) is 6.16. The third-order valence-corrected chi connectivity index (χ3v) is 4.68. The Bertz CT molecular complexity index is 615. The molecule has 1 saturated carbocycles. The van der Waals surface area contributed by atoms with Crippen LogP contribution < -0.4 is 5.32 Å². The van der Waals surface area contributed by atoms with Gasteiger partial charge in [0.15, 0.2) is 0 Å². The first-order chi connectivity index (χ1) is 10.3. The number of hydrogen-bond donors (Lipinski definition) is 1. The van der Waals surface area contributed by atoms with E-state index in [0.29, 0.717) is 11.6 Å². The van der Waals surface area contributed by atoms with E-state index < -0.39 is 0 Å². The van der Waals surface area contributed by atoms with Gasteiger partial charge in [0, 0.05) is 16.5 Å². The number of hydrogen-bond acceptors (Lipinski definition) is 3. The Morgan fingerprint density at radius 3 is 2.62 bits per heavy atom. The Morgan fingerprint density at radius 2 is 1.95 bits per heavy atom. The van der Waals surface area contributed by atoms with Crippen molar-refractivity contribution in [3.8, 4) is 0 Å². The fraction of sp³-hybridized carbons (Fsp3) is 0.375. The standard InChI is InChI=1S/C16H19N3OS/c1-21-14-8-6-12(7-9-14)16(20)18-15-10-11-17-19(15)13-4-2-3-5-13/h6-11,13H,2-5H2,1H3,(H,18,20). The van der Waals surface area contributed by atoms with Crippen LogP contribution in [0.4, 0.5) is 5.82 Å². The molecule has 1 fully saturated rings. The zero-order chi connectivity index (χ0) is 14.7. The molecule has 0 aliphatic heterocycles. The van der Waals surface area contributed by atoms with Gasteiger partial charge in [-0.15, -0.1) is 11.8 Å². The van der Waals surface area contributed by atoms with Crippen LogP contribution >= 0.6 is 11.8 Å². The van der Waals surface area contributed by atoms with Gasteiger partial charge >= 0.3 is 0 Å². The van der Waals surface area contributed by atoms with E-state index >= 15 is 0 Å². The van der Waals surface area contributed by atoms with Gasteiger partial charge in [0.1, 0.15) is 5.82 Å². The van der Waals surface area contributed by atoms with E-state index in [9.17, 15) is 4.79 Å². The Hall–Kier alpha value is -1.75. The molecule has 4 nitrogen and oxygen atoms in total. The van der Waals surface area contributed by atoms with Crippen molar-refractivity contribution in [3.05, 3.63) is 42.1 Å². The third-order valence-electron chi connectivity index (χ3n) is 3.93. The molecule has 1 aromatic heterocycles. The van der Waals surface area contributed by atoms with Gasteiger partial charge in [-0.3, -0.25) is 4.79 Å². The van der Waals surface area contributed by atoms with Crippen molar-refractivity contribution in [2.75, 3.05) is 11.6 Å². The molecule has 0 saturated heterocycles. The fourth-order valence-corrected chi connectivity index (χ4v) is 3.19. The molecule has 1 aliphatic rings. The number of carbonyl (C=O) groups excluding carboxylic acids is 1. The zero-order valence-electron chi connectivity index (χ0n) is 12.1. The highest BCUT2D eigenvalue weighted by atomic mass is 32.2. The first-order valence-corrected chi connectivity index (χ1v) is 8.49. The summed E-state index contributed by atoms with van der Waals surface area (Å²) in [5.74, 6) is 0.711. The molecular weight excluding hydrogens is 282 g/mol. The number of benzene rings is 1. The summed E-state index contributed by atoms with van der Waals surface area (Å²) in [6, 6.07) is 9.94. The predicted molar refractivity (Wildman–Crippen MR) is 85.9 cm³/mol. The minimum absolute atomic E-state index is 0.0811. The minimum atomic E-state index is -0.0811. The lowest BCUT2D eigenvalue weighted by molar-refractivity contribution is 0.102. The monoisotopic (exact) mass is 301 g/mol. The van der Waals surface area contributed by atoms with E-state index in [1.807, 2.05) is 41.3 Å². The van der Waals surface area contributed by atoms with Crippen molar-refractivity contribution in [2.45, 2.75) is 36.6 Å². The maximum absolute atomic E-state index is 12.3. The highest BCUT2D eigenvalue weighted by Gasteiger charge is 2.20. The maximum Gasteiger partial charge on any atom is 0.256 e. The van der Waals surface area contributed by atoms with E-state index in [2.05, 4.69) is 10.4 Å². The average Bonchev–Trinajstić information content (AvgIpc) is 3.18. The summed E-state index contributed by atoms with van der Waals surface area (Å²) in [5.41, 5.74) is 0.673. The molecule has 21 heavy (non-hydrogen) atoms. The van der Waals surface area contributed by atoms with Crippen LogP contribution in [0.3, 0.4) is 0 Å². The first-order valence-electron chi connectivity index (χ1n) is 7.27. The predicted octanol–water partition coefficient (Wildman–Crippen LogP) is 3.97. The van der Waals surface area contributed by atoms with Crippen molar-refractivity contribution < 1.29 is 4.79 Å². The molecule has 1 aliphatic carbocycles. The summed E-state index contributed by atoms with van der Waals surface area (Å²) in [6.07, 6.45) is 8.56. The lowest BCUT2D eigenvalue weighted by atomic mass is 10.2. The largest absolute Gasteiger partial charge is 0.307 e. The van der Waals surface area contributed by atoms with Crippen LogP contribution in [0.1, 0.15) is 42.1 Å². The number of nitrogens with zero attached hydrogens (tertiary/aromatic N) is 2. The second-order valence-electron chi connectivity index (χ2n) is 5.28. The Morgan fingerprint density at radius 1 is 1.24 bits per heavy atom. The van der Waals surface area contributed by atoms with Gasteiger partial charge < -0.3 is 5.32 Å². The number of rotatable bonds is 4. The molecule has 0 unspecified atom stereocenters. The van der Waals surface area contributed by atoms with E-state index in [1.165, 1.54) is 12.8 Å². The van der Waals surface area contributed by atoms with E-state index in [-0.39, 0.29) is 5.91 Å². The van der Waals surface area contributed by atoms with E-state index in [1.54, 1.807) is 18.0 Å². The van der Waals surface area contributed by atoms with Gasteiger partial charge in [0.2, 0.25) is 0 Å². The molecule has 2 aromatic rings. The van der Waals surface area contributed by atoms with Gasteiger partial charge in [-0.1, -0.05) is 12.8 Å². The van der Waals surface area contributed by atoms with Crippen LogP contribution in [0.2, 0.25) is 0 Å². The van der Waals surface area contributed by atoms with E-state index in [0.717, 1.165) is 23.6 Å². The van der Waals surface area contributed by atoms with Gasteiger partial charge in [-0.2, -0.15) is 5.10 Å². The fourth-order valence-electron chi connectivity index (χ4n) is 2.78. The van der Waals surface area contributed by atoms with Gasteiger partial charge in [-0.05, 0) is 43.4 Å². The number of nitrogens with one attached hydrogen (secondary N) is 1. The van der Waals surface area contributed by atoms with Crippen molar-refractivity contribution in [3.63, 3.8) is 0 Å². The van der Waals surface area contributed by atoms with Crippen molar-refractivity contribution in [2.24, 2.45) is 0 Å². The minimum Gasteiger partial charge on any atom is -0.307 e. The highest BCUT2D eigenvalue weighted by Crippen LogP contribution is 2.31. The molecule has 0 spiro atoms. The molecular formula is C16H19N3OS. The van der Waals surface area contributed by atoms with Crippen LogP contribution in [0.5, 0.6) is 0 Å². The molecule has 1 N–H and O–H groups in total. The molecule has 110 valence electrons. The van der Waals surface area contributed by atoms with Crippen LogP contribution in [-0.4, -0.2) is 21.9 Å². The summed E-state index contributed by atoms with van der Waals surface area (Å²) >= 11 is 1.67. The topological polar surface area (TPSA) is 46.9 Å².